The van der Waals surface area contributed by atoms with Crippen molar-refractivity contribution in [1.82, 2.24) is 10.2 Å². The van der Waals surface area contributed by atoms with E-state index in [9.17, 15) is 14.4 Å². The molecule has 2 aromatic rings. The number of nitrogens with one attached hydrogen (secondary N) is 1. The number of hydrogen-bond donors (Lipinski definition) is 1. The van der Waals surface area contributed by atoms with Gasteiger partial charge in [-0.2, -0.15) is 0 Å². The summed E-state index contributed by atoms with van der Waals surface area (Å²) in [5.41, 5.74) is 2.39. The van der Waals surface area contributed by atoms with Gasteiger partial charge in [-0.05, 0) is 61.2 Å². The average molecular weight is 470 g/mol. The van der Waals surface area contributed by atoms with E-state index in [1.54, 1.807) is 21.9 Å². The molecule has 0 radical (unpaired) electrons. The Balaban J connectivity index is 1.39. The van der Waals surface area contributed by atoms with Crippen LogP contribution in [-0.2, 0) is 16.1 Å². The third-order valence-electron chi connectivity index (χ3n) is 5.67. The normalized spacial score (nSPS) is 18.7. The van der Waals surface area contributed by atoms with E-state index in [2.05, 4.69) is 21.2 Å². The zero-order chi connectivity index (χ0) is 21.1. The molecule has 2 heterocycles. The van der Waals surface area contributed by atoms with Gasteiger partial charge in [-0.1, -0.05) is 28.1 Å². The first-order chi connectivity index (χ1) is 14.5. The lowest BCUT2D eigenvalue weighted by atomic mass is 10.1. The average Bonchev–Trinajstić information content (AvgIpc) is 3.41. The van der Waals surface area contributed by atoms with Gasteiger partial charge in [-0.15, -0.1) is 0 Å². The lowest BCUT2D eigenvalue weighted by Gasteiger charge is -2.24. The Morgan fingerprint density at radius 2 is 1.87 bits per heavy atom. The van der Waals surface area contributed by atoms with Crippen LogP contribution in [0, 0.1) is 0 Å². The molecule has 2 aromatic carbocycles. The molecule has 7 heteroatoms. The van der Waals surface area contributed by atoms with Crippen molar-refractivity contribution in [3.8, 4) is 0 Å². The molecule has 0 aromatic heterocycles. The third-order valence-corrected chi connectivity index (χ3v) is 6.20. The number of anilines is 1. The van der Waals surface area contributed by atoms with E-state index in [0.29, 0.717) is 31.5 Å². The lowest BCUT2D eigenvalue weighted by Crippen LogP contribution is -2.45. The molecule has 30 heavy (non-hydrogen) atoms. The zero-order valence-corrected chi connectivity index (χ0v) is 18.2. The molecule has 2 fully saturated rings. The number of amides is 3. The third kappa shape index (κ3) is 4.41. The van der Waals surface area contributed by atoms with Crippen molar-refractivity contribution in [2.24, 2.45) is 0 Å². The van der Waals surface area contributed by atoms with Gasteiger partial charge < -0.3 is 15.1 Å². The molecule has 0 saturated carbocycles. The highest BCUT2D eigenvalue weighted by atomic mass is 79.9. The van der Waals surface area contributed by atoms with Crippen molar-refractivity contribution in [1.29, 1.82) is 0 Å². The lowest BCUT2D eigenvalue weighted by molar-refractivity contribution is -0.125. The van der Waals surface area contributed by atoms with Crippen LogP contribution in [0.25, 0.3) is 0 Å². The van der Waals surface area contributed by atoms with Crippen LogP contribution in [0.1, 0.15) is 41.6 Å². The molecular formula is C23H24BrN3O3. The molecule has 1 N–H and O–H groups in total. The minimum absolute atomic E-state index is 0.116. The maximum Gasteiger partial charge on any atom is 0.254 e. The minimum Gasteiger partial charge on any atom is -0.350 e. The van der Waals surface area contributed by atoms with Crippen LogP contribution >= 0.6 is 15.9 Å². The van der Waals surface area contributed by atoms with Crippen molar-refractivity contribution >= 4 is 39.3 Å². The van der Waals surface area contributed by atoms with Crippen molar-refractivity contribution < 1.29 is 14.4 Å². The van der Waals surface area contributed by atoms with Gasteiger partial charge in [0.25, 0.3) is 5.91 Å². The fraction of sp³-hybridized carbons (Fsp3) is 0.348. The Kier molecular flexibility index (Phi) is 6.18. The first kappa shape index (κ1) is 20.6. The van der Waals surface area contributed by atoms with Crippen molar-refractivity contribution in [3.05, 3.63) is 64.1 Å². The Morgan fingerprint density at radius 3 is 2.60 bits per heavy atom. The van der Waals surface area contributed by atoms with Crippen LogP contribution in [0.4, 0.5) is 5.69 Å². The first-order valence-corrected chi connectivity index (χ1v) is 11.1. The fourth-order valence-corrected chi connectivity index (χ4v) is 4.37. The van der Waals surface area contributed by atoms with E-state index in [4.69, 9.17) is 0 Å². The van der Waals surface area contributed by atoms with Crippen LogP contribution < -0.4 is 10.2 Å². The van der Waals surface area contributed by atoms with Crippen LogP contribution in [0.3, 0.4) is 0 Å². The number of benzene rings is 2. The number of likely N-dealkylation sites (tertiary alicyclic amines) is 1. The second kappa shape index (κ2) is 9.00. The number of rotatable bonds is 5. The zero-order valence-electron chi connectivity index (χ0n) is 16.6. The van der Waals surface area contributed by atoms with E-state index in [1.165, 1.54) is 0 Å². The number of carbonyl (C=O) groups is 3. The largest absolute Gasteiger partial charge is 0.350 e. The van der Waals surface area contributed by atoms with Crippen molar-refractivity contribution in [2.45, 2.75) is 38.3 Å². The summed E-state index contributed by atoms with van der Waals surface area (Å²) in [7, 11) is 0. The number of carbonyl (C=O) groups excluding carboxylic acids is 3. The van der Waals surface area contributed by atoms with Gasteiger partial charge in [0, 0.05) is 41.8 Å². The smallest absolute Gasteiger partial charge is 0.254 e. The molecule has 0 aliphatic carbocycles. The molecule has 4 rings (SSSR count). The molecule has 1 unspecified atom stereocenters. The van der Waals surface area contributed by atoms with Crippen LogP contribution in [0.5, 0.6) is 0 Å². The van der Waals surface area contributed by atoms with Gasteiger partial charge in [0.1, 0.15) is 6.04 Å². The number of halogens is 1. The quantitative estimate of drug-likeness (QED) is 0.728. The predicted octanol–water partition coefficient (Wildman–Crippen LogP) is 3.50. The predicted molar refractivity (Wildman–Crippen MR) is 118 cm³/mol. The summed E-state index contributed by atoms with van der Waals surface area (Å²) in [6.45, 7) is 1.69. The second-order valence-electron chi connectivity index (χ2n) is 7.70. The summed E-state index contributed by atoms with van der Waals surface area (Å²) in [5, 5.41) is 2.97. The second-order valence-corrected chi connectivity index (χ2v) is 8.62. The highest BCUT2D eigenvalue weighted by Gasteiger charge is 2.34. The highest BCUT2D eigenvalue weighted by molar-refractivity contribution is 9.10. The summed E-state index contributed by atoms with van der Waals surface area (Å²) in [6, 6.07) is 14.4. The standard InChI is InChI=1S/C23H24BrN3O3/c24-18-10-8-17(9-11-18)23(30)27-13-2-6-20(27)22(29)25-15-16-4-1-5-19(14-16)26-12-3-7-21(26)28/h1,4-5,8-11,14,20H,2-3,6-7,12-13,15H2,(H,25,29). The Bertz CT molecular complexity index is 960. The Morgan fingerprint density at radius 1 is 1.07 bits per heavy atom. The van der Waals surface area contributed by atoms with E-state index < -0.39 is 6.04 Å². The molecule has 156 valence electrons. The summed E-state index contributed by atoms with van der Waals surface area (Å²) in [5.74, 6) is -0.112. The summed E-state index contributed by atoms with van der Waals surface area (Å²) in [6.07, 6.45) is 2.94. The molecule has 2 saturated heterocycles. The van der Waals surface area contributed by atoms with Gasteiger partial charge in [0.15, 0.2) is 0 Å². The number of hydrogen-bond acceptors (Lipinski definition) is 3. The Hall–Kier alpha value is -2.67. The van der Waals surface area contributed by atoms with Gasteiger partial charge in [0.2, 0.25) is 11.8 Å². The van der Waals surface area contributed by atoms with E-state index in [1.807, 2.05) is 36.4 Å². The summed E-state index contributed by atoms with van der Waals surface area (Å²) >= 11 is 3.37. The molecule has 3 amide bonds. The summed E-state index contributed by atoms with van der Waals surface area (Å²) in [4.78, 5) is 41.1. The summed E-state index contributed by atoms with van der Waals surface area (Å²) < 4.78 is 0.910. The molecule has 6 nitrogen and oxygen atoms in total. The Labute approximate surface area is 184 Å². The van der Waals surface area contributed by atoms with Crippen molar-refractivity contribution in [2.75, 3.05) is 18.0 Å². The minimum atomic E-state index is -0.454. The first-order valence-electron chi connectivity index (χ1n) is 10.3. The maximum atomic E-state index is 12.9. The molecule has 2 aliphatic heterocycles. The topological polar surface area (TPSA) is 69.7 Å². The highest BCUT2D eigenvalue weighted by Crippen LogP contribution is 2.23. The number of nitrogens with zero attached hydrogens (tertiary/aromatic N) is 2. The van der Waals surface area contributed by atoms with E-state index in [-0.39, 0.29) is 17.7 Å². The molecule has 1 atom stereocenters. The fourth-order valence-electron chi connectivity index (χ4n) is 4.10. The van der Waals surface area contributed by atoms with E-state index in [0.717, 1.165) is 35.1 Å². The van der Waals surface area contributed by atoms with Crippen LogP contribution in [0.2, 0.25) is 0 Å². The molecular weight excluding hydrogens is 446 g/mol. The van der Waals surface area contributed by atoms with Gasteiger partial charge in [-0.25, -0.2) is 0 Å². The SMILES string of the molecule is O=C(NCc1cccc(N2CCCC2=O)c1)C1CCCN1C(=O)c1ccc(Br)cc1. The van der Waals surface area contributed by atoms with Gasteiger partial charge in [-0.3, -0.25) is 14.4 Å². The maximum absolute atomic E-state index is 12.9. The molecule has 0 bridgehead atoms. The van der Waals surface area contributed by atoms with Gasteiger partial charge >= 0.3 is 0 Å². The van der Waals surface area contributed by atoms with E-state index >= 15 is 0 Å². The van der Waals surface area contributed by atoms with Crippen LogP contribution in [-0.4, -0.2) is 41.8 Å². The van der Waals surface area contributed by atoms with Crippen LogP contribution in [0.15, 0.2) is 53.0 Å². The monoisotopic (exact) mass is 469 g/mol. The molecule has 2 aliphatic rings. The van der Waals surface area contributed by atoms with Gasteiger partial charge in [0.05, 0.1) is 0 Å². The molecule has 0 spiro atoms. The van der Waals surface area contributed by atoms with Crippen molar-refractivity contribution in [3.63, 3.8) is 0 Å².